The van der Waals surface area contributed by atoms with Crippen molar-refractivity contribution in [2.75, 3.05) is 19.6 Å². The average molecular weight is 337 g/mol. The maximum absolute atomic E-state index is 5.94. The molecule has 0 bridgehead atoms. The summed E-state index contributed by atoms with van der Waals surface area (Å²) >= 11 is 0. The molecule has 0 aromatic carbocycles. The Labute approximate surface area is 116 Å². The van der Waals surface area contributed by atoms with E-state index in [0.29, 0.717) is 12.5 Å². The fraction of sp³-hybridized carbons (Fsp3) is 0.750. The van der Waals surface area contributed by atoms with Crippen LogP contribution in [0.2, 0.25) is 0 Å². The summed E-state index contributed by atoms with van der Waals surface area (Å²) in [6, 6.07) is 0. The summed E-state index contributed by atoms with van der Waals surface area (Å²) < 4.78 is 0. The highest BCUT2D eigenvalue weighted by Gasteiger charge is 2.17. The van der Waals surface area contributed by atoms with Crippen molar-refractivity contribution in [3.63, 3.8) is 0 Å². The van der Waals surface area contributed by atoms with E-state index in [2.05, 4.69) is 36.7 Å². The van der Waals surface area contributed by atoms with Crippen LogP contribution in [0.15, 0.2) is 16.6 Å². The summed E-state index contributed by atoms with van der Waals surface area (Å²) in [7, 11) is 0. The second kappa shape index (κ2) is 7.92. The number of likely N-dealkylation sites (tertiary alicyclic amines) is 1. The SMILES string of the molecule is CC(C)=CCN=C(N)N1CCCC(C)C1.I. The van der Waals surface area contributed by atoms with Gasteiger partial charge < -0.3 is 10.6 Å². The topological polar surface area (TPSA) is 41.6 Å². The number of guanidine groups is 1. The van der Waals surface area contributed by atoms with Crippen LogP contribution >= 0.6 is 24.0 Å². The van der Waals surface area contributed by atoms with Crippen LogP contribution in [-0.2, 0) is 0 Å². The Morgan fingerprint density at radius 2 is 2.19 bits per heavy atom. The number of piperidine rings is 1. The molecule has 1 saturated heterocycles. The maximum Gasteiger partial charge on any atom is 0.191 e. The third kappa shape index (κ3) is 5.72. The molecule has 2 N–H and O–H groups in total. The molecular weight excluding hydrogens is 313 g/mol. The zero-order valence-corrected chi connectivity index (χ0v) is 12.9. The van der Waals surface area contributed by atoms with Gasteiger partial charge in [0, 0.05) is 13.1 Å². The van der Waals surface area contributed by atoms with Crippen molar-refractivity contribution in [3.05, 3.63) is 11.6 Å². The first-order chi connectivity index (χ1) is 7.09. The van der Waals surface area contributed by atoms with Crippen LogP contribution in [0.3, 0.4) is 0 Å². The summed E-state index contributed by atoms with van der Waals surface area (Å²) in [5.74, 6) is 1.45. The Kier molecular flexibility index (Phi) is 7.80. The van der Waals surface area contributed by atoms with Crippen LogP contribution < -0.4 is 5.73 Å². The van der Waals surface area contributed by atoms with Gasteiger partial charge in [-0.3, -0.25) is 0 Å². The molecule has 0 amide bonds. The average Bonchev–Trinajstić information content (AvgIpc) is 2.17. The molecule has 0 aromatic rings. The van der Waals surface area contributed by atoms with Gasteiger partial charge in [0.2, 0.25) is 0 Å². The van der Waals surface area contributed by atoms with Gasteiger partial charge >= 0.3 is 0 Å². The van der Waals surface area contributed by atoms with Crippen molar-refractivity contribution in [2.45, 2.75) is 33.6 Å². The molecule has 3 nitrogen and oxygen atoms in total. The number of nitrogens with zero attached hydrogens (tertiary/aromatic N) is 2. The first kappa shape index (κ1) is 15.7. The standard InChI is InChI=1S/C12H23N3.HI/c1-10(2)6-7-14-12(13)15-8-4-5-11(3)9-15;/h6,11H,4-5,7-9H2,1-3H3,(H2,13,14);1H. The van der Waals surface area contributed by atoms with Crippen molar-refractivity contribution in [1.29, 1.82) is 0 Å². The van der Waals surface area contributed by atoms with E-state index in [1.54, 1.807) is 0 Å². The van der Waals surface area contributed by atoms with Crippen molar-refractivity contribution >= 4 is 29.9 Å². The summed E-state index contributed by atoms with van der Waals surface area (Å²) in [4.78, 5) is 6.57. The van der Waals surface area contributed by atoms with Gasteiger partial charge in [0.05, 0.1) is 6.54 Å². The van der Waals surface area contributed by atoms with E-state index in [0.717, 1.165) is 19.0 Å². The van der Waals surface area contributed by atoms with E-state index in [1.807, 2.05) is 0 Å². The van der Waals surface area contributed by atoms with Crippen molar-refractivity contribution in [1.82, 2.24) is 4.90 Å². The molecule has 1 heterocycles. The summed E-state index contributed by atoms with van der Waals surface area (Å²) in [5, 5.41) is 0. The molecule has 0 aliphatic carbocycles. The predicted molar refractivity (Wildman–Crippen MR) is 81.3 cm³/mol. The number of hydrogen-bond donors (Lipinski definition) is 1. The van der Waals surface area contributed by atoms with Crippen molar-refractivity contribution < 1.29 is 0 Å². The molecular formula is C12H24IN3. The third-order valence-corrected chi connectivity index (χ3v) is 2.73. The Bertz CT molecular complexity index is 257. The van der Waals surface area contributed by atoms with E-state index in [-0.39, 0.29) is 24.0 Å². The smallest absolute Gasteiger partial charge is 0.191 e. The zero-order valence-electron chi connectivity index (χ0n) is 10.6. The Morgan fingerprint density at radius 3 is 2.75 bits per heavy atom. The molecule has 0 radical (unpaired) electrons. The summed E-state index contributed by atoms with van der Waals surface area (Å²) in [6.07, 6.45) is 4.65. The number of allylic oxidation sites excluding steroid dienone is 1. The molecule has 0 saturated carbocycles. The predicted octanol–water partition coefficient (Wildman–Crippen LogP) is 2.62. The molecule has 0 aromatic heterocycles. The zero-order chi connectivity index (χ0) is 11.3. The van der Waals surface area contributed by atoms with E-state index < -0.39 is 0 Å². The normalized spacial score (nSPS) is 21.3. The lowest BCUT2D eigenvalue weighted by Gasteiger charge is -2.31. The van der Waals surface area contributed by atoms with E-state index >= 15 is 0 Å². The Balaban J connectivity index is 0.00000225. The second-order valence-electron chi connectivity index (χ2n) is 4.67. The highest BCUT2D eigenvalue weighted by molar-refractivity contribution is 14.0. The van der Waals surface area contributed by atoms with Crippen LogP contribution in [-0.4, -0.2) is 30.5 Å². The van der Waals surface area contributed by atoms with Crippen LogP contribution in [0, 0.1) is 5.92 Å². The molecule has 1 unspecified atom stereocenters. The number of aliphatic imine (C=N–C) groups is 1. The highest BCUT2D eigenvalue weighted by atomic mass is 127. The quantitative estimate of drug-likeness (QED) is 0.364. The molecule has 0 spiro atoms. The lowest BCUT2D eigenvalue weighted by Crippen LogP contribution is -2.43. The minimum Gasteiger partial charge on any atom is -0.370 e. The number of nitrogens with two attached hydrogens (primary N) is 1. The van der Waals surface area contributed by atoms with Crippen molar-refractivity contribution in [2.24, 2.45) is 16.6 Å². The molecule has 16 heavy (non-hydrogen) atoms. The largest absolute Gasteiger partial charge is 0.370 e. The molecule has 1 atom stereocenters. The van der Waals surface area contributed by atoms with Gasteiger partial charge in [0.15, 0.2) is 5.96 Å². The molecule has 1 aliphatic heterocycles. The lowest BCUT2D eigenvalue weighted by molar-refractivity contribution is 0.270. The number of halogens is 1. The van der Waals surface area contributed by atoms with Crippen LogP contribution in [0.5, 0.6) is 0 Å². The highest BCUT2D eigenvalue weighted by Crippen LogP contribution is 2.14. The van der Waals surface area contributed by atoms with E-state index in [9.17, 15) is 0 Å². The van der Waals surface area contributed by atoms with E-state index in [4.69, 9.17) is 5.73 Å². The minimum absolute atomic E-state index is 0. The van der Waals surface area contributed by atoms with Crippen molar-refractivity contribution in [3.8, 4) is 0 Å². The number of rotatable bonds is 2. The van der Waals surface area contributed by atoms with Crippen LogP contribution in [0.4, 0.5) is 0 Å². The molecule has 4 heteroatoms. The first-order valence-electron chi connectivity index (χ1n) is 5.78. The van der Waals surface area contributed by atoms with Gasteiger partial charge in [0.25, 0.3) is 0 Å². The summed E-state index contributed by atoms with van der Waals surface area (Å²) in [5.41, 5.74) is 7.23. The lowest BCUT2D eigenvalue weighted by atomic mass is 10.0. The molecule has 94 valence electrons. The van der Waals surface area contributed by atoms with Gasteiger partial charge in [-0.25, -0.2) is 4.99 Å². The fourth-order valence-corrected chi connectivity index (χ4v) is 1.82. The van der Waals surface area contributed by atoms with Gasteiger partial charge in [-0.1, -0.05) is 18.6 Å². The van der Waals surface area contributed by atoms with Gasteiger partial charge in [-0.15, -0.1) is 24.0 Å². The van der Waals surface area contributed by atoms with Gasteiger partial charge in [0.1, 0.15) is 0 Å². The monoisotopic (exact) mass is 337 g/mol. The maximum atomic E-state index is 5.94. The summed E-state index contributed by atoms with van der Waals surface area (Å²) in [6.45, 7) is 9.26. The minimum atomic E-state index is 0. The van der Waals surface area contributed by atoms with Gasteiger partial charge in [-0.2, -0.15) is 0 Å². The molecule has 1 aliphatic rings. The fourth-order valence-electron chi connectivity index (χ4n) is 1.82. The Morgan fingerprint density at radius 1 is 1.50 bits per heavy atom. The van der Waals surface area contributed by atoms with E-state index in [1.165, 1.54) is 18.4 Å². The molecule has 1 rings (SSSR count). The molecule has 1 fully saturated rings. The first-order valence-corrected chi connectivity index (χ1v) is 5.78. The van der Waals surface area contributed by atoms with Crippen LogP contribution in [0.1, 0.15) is 33.6 Å². The Hall–Kier alpha value is -0.260. The number of hydrogen-bond acceptors (Lipinski definition) is 1. The van der Waals surface area contributed by atoms with Gasteiger partial charge in [-0.05, 0) is 32.6 Å². The second-order valence-corrected chi connectivity index (χ2v) is 4.67. The van der Waals surface area contributed by atoms with Crippen LogP contribution in [0.25, 0.3) is 0 Å². The third-order valence-electron chi connectivity index (χ3n) is 2.73.